The van der Waals surface area contributed by atoms with E-state index in [0.717, 1.165) is 0 Å². The van der Waals surface area contributed by atoms with Crippen molar-refractivity contribution in [1.29, 1.82) is 0 Å². The Morgan fingerprint density at radius 1 is 1.37 bits per heavy atom. The van der Waals surface area contributed by atoms with Crippen molar-refractivity contribution >= 4 is 29.9 Å². The number of aliphatic imine (C=N–C) groups is 1. The Kier molecular flexibility index (Phi) is 7.27. The lowest BCUT2D eigenvalue weighted by molar-refractivity contribution is 0.530. The van der Waals surface area contributed by atoms with E-state index >= 15 is 0 Å². The van der Waals surface area contributed by atoms with Crippen molar-refractivity contribution < 1.29 is 0 Å². The van der Waals surface area contributed by atoms with Crippen molar-refractivity contribution in [3.8, 4) is 0 Å². The number of guanidine groups is 1. The Hall–Kier alpha value is -0.720. The van der Waals surface area contributed by atoms with Crippen LogP contribution in [0.4, 0.5) is 0 Å². The summed E-state index contributed by atoms with van der Waals surface area (Å²) in [5, 5.41) is 3.36. The van der Waals surface area contributed by atoms with Crippen molar-refractivity contribution in [3.05, 3.63) is 24.0 Å². The van der Waals surface area contributed by atoms with Crippen LogP contribution in [0.2, 0.25) is 0 Å². The van der Waals surface area contributed by atoms with Gasteiger partial charge in [0.2, 0.25) is 0 Å². The Morgan fingerprint density at radius 3 is 2.63 bits per heavy atom. The minimum Gasteiger partial charge on any atom is -0.370 e. The van der Waals surface area contributed by atoms with Crippen LogP contribution in [0.5, 0.6) is 0 Å². The lowest BCUT2D eigenvalue weighted by Gasteiger charge is -2.16. The quantitative estimate of drug-likeness (QED) is 0.369. The molecule has 0 radical (unpaired) electrons. The largest absolute Gasteiger partial charge is 0.370 e. The molecule has 1 aliphatic carbocycles. The van der Waals surface area contributed by atoms with Crippen LogP contribution in [0.15, 0.2) is 23.5 Å². The molecule has 4 nitrogen and oxygen atoms in total. The summed E-state index contributed by atoms with van der Waals surface area (Å²) in [5.74, 6) is 0.589. The molecule has 0 amide bonds. The van der Waals surface area contributed by atoms with Gasteiger partial charge in [-0.2, -0.15) is 0 Å². The number of aromatic nitrogens is 1. The van der Waals surface area contributed by atoms with Crippen LogP contribution in [0.3, 0.4) is 0 Å². The van der Waals surface area contributed by atoms with Crippen LogP contribution in [0, 0.1) is 0 Å². The van der Waals surface area contributed by atoms with Crippen molar-refractivity contribution in [2.24, 2.45) is 17.8 Å². The molecule has 0 saturated heterocycles. The molecule has 0 bridgehead atoms. The Balaban J connectivity index is 0.00000180. The highest BCUT2D eigenvalue weighted by atomic mass is 127. The number of aryl methyl sites for hydroxylation is 1. The van der Waals surface area contributed by atoms with E-state index in [1.807, 2.05) is 17.8 Å². The van der Waals surface area contributed by atoms with Gasteiger partial charge in [0.1, 0.15) is 0 Å². The van der Waals surface area contributed by atoms with E-state index in [4.69, 9.17) is 5.73 Å². The molecule has 3 N–H and O–H groups in total. The van der Waals surface area contributed by atoms with Crippen LogP contribution in [0.25, 0.3) is 0 Å². The third-order valence-electron chi connectivity index (χ3n) is 3.53. The standard InChI is InChI=1S/C14H24N4.HI/c1-18-9-8-12(11-18)10-16-14(15)17-13-6-4-2-3-5-7-13;/h8-9,11,13H,2-7,10H2,1H3,(H3,15,16,17);1H. The van der Waals surface area contributed by atoms with Crippen molar-refractivity contribution in [3.63, 3.8) is 0 Å². The van der Waals surface area contributed by atoms with Crippen LogP contribution in [0.1, 0.15) is 44.1 Å². The molecule has 0 unspecified atom stereocenters. The first-order chi connectivity index (χ1) is 8.74. The SMILES string of the molecule is Cn1ccc(CN=C(N)NC2CCCCCC2)c1.I. The summed E-state index contributed by atoms with van der Waals surface area (Å²) in [6, 6.07) is 2.59. The van der Waals surface area contributed by atoms with Gasteiger partial charge in [0.25, 0.3) is 0 Å². The molecule has 1 fully saturated rings. The van der Waals surface area contributed by atoms with Gasteiger partial charge >= 0.3 is 0 Å². The first-order valence-electron chi connectivity index (χ1n) is 6.91. The van der Waals surface area contributed by atoms with Crippen LogP contribution in [-0.2, 0) is 13.6 Å². The third kappa shape index (κ3) is 5.84. The fraction of sp³-hybridized carbons (Fsp3) is 0.643. The average Bonchev–Trinajstić information content (AvgIpc) is 2.60. The van der Waals surface area contributed by atoms with Gasteiger partial charge in [-0.25, -0.2) is 4.99 Å². The zero-order valence-electron chi connectivity index (χ0n) is 11.6. The summed E-state index contributed by atoms with van der Waals surface area (Å²) in [6.07, 6.45) is 11.9. The number of nitrogens with two attached hydrogens (primary N) is 1. The Labute approximate surface area is 132 Å². The predicted octanol–water partition coefficient (Wildman–Crippen LogP) is 2.77. The highest BCUT2D eigenvalue weighted by Gasteiger charge is 2.12. The monoisotopic (exact) mass is 376 g/mol. The smallest absolute Gasteiger partial charge is 0.189 e. The molecule has 1 saturated carbocycles. The number of nitrogens with zero attached hydrogens (tertiary/aromatic N) is 2. The number of hydrogen-bond acceptors (Lipinski definition) is 1. The average molecular weight is 376 g/mol. The third-order valence-corrected chi connectivity index (χ3v) is 3.53. The van der Waals surface area contributed by atoms with Crippen molar-refractivity contribution in [1.82, 2.24) is 9.88 Å². The second-order valence-electron chi connectivity index (χ2n) is 5.22. The summed E-state index contributed by atoms with van der Waals surface area (Å²) in [7, 11) is 2.01. The zero-order valence-corrected chi connectivity index (χ0v) is 14.0. The van der Waals surface area contributed by atoms with Gasteiger partial charge in [0, 0.05) is 25.5 Å². The van der Waals surface area contributed by atoms with Crippen molar-refractivity contribution in [2.75, 3.05) is 0 Å². The van der Waals surface area contributed by atoms with E-state index in [9.17, 15) is 0 Å². The van der Waals surface area contributed by atoms with Gasteiger partial charge in [-0.3, -0.25) is 0 Å². The molecule has 19 heavy (non-hydrogen) atoms. The Bertz CT molecular complexity index is 392. The molecular weight excluding hydrogens is 351 g/mol. The summed E-state index contributed by atoms with van der Waals surface area (Å²) < 4.78 is 2.03. The summed E-state index contributed by atoms with van der Waals surface area (Å²) in [5.41, 5.74) is 7.14. The minimum atomic E-state index is 0. The summed E-state index contributed by atoms with van der Waals surface area (Å²) >= 11 is 0. The molecule has 0 atom stereocenters. The van der Waals surface area contributed by atoms with Gasteiger partial charge in [-0.15, -0.1) is 24.0 Å². The molecule has 0 aromatic carbocycles. The van der Waals surface area contributed by atoms with Crippen LogP contribution >= 0.6 is 24.0 Å². The van der Waals surface area contributed by atoms with E-state index in [2.05, 4.69) is 22.6 Å². The predicted molar refractivity (Wildman–Crippen MR) is 90.8 cm³/mol. The fourth-order valence-corrected chi connectivity index (χ4v) is 2.51. The molecule has 1 aromatic rings. The lowest BCUT2D eigenvalue weighted by Crippen LogP contribution is -2.39. The highest BCUT2D eigenvalue weighted by molar-refractivity contribution is 14.0. The first-order valence-corrected chi connectivity index (χ1v) is 6.91. The highest BCUT2D eigenvalue weighted by Crippen LogP contribution is 2.16. The first kappa shape index (κ1) is 16.3. The van der Waals surface area contributed by atoms with E-state index in [-0.39, 0.29) is 24.0 Å². The molecule has 0 spiro atoms. The van der Waals surface area contributed by atoms with E-state index in [1.54, 1.807) is 0 Å². The molecule has 2 rings (SSSR count). The number of nitrogens with one attached hydrogen (secondary N) is 1. The number of rotatable bonds is 3. The maximum atomic E-state index is 5.94. The molecular formula is C14H25IN4. The summed E-state index contributed by atoms with van der Waals surface area (Å²) in [4.78, 5) is 4.40. The van der Waals surface area contributed by atoms with E-state index in [1.165, 1.54) is 44.1 Å². The van der Waals surface area contributed by atoms with Crippen molar-refractivity contribution in [2.45, 2.75) is 51.1 Å². The van der Waals surface area contributed by atoms with Crippen LogP contribution < -0.4 is 11.1 Å². The topological polar surface area (TPSA) is 55.3 Å². The van der Waals surface area contributed by atoms with Gasteiger partial charge in [-0.05, 0) is 24.5 Å². The van der Waals surface area contributed by atoms with Gasteiger partial charge < -0.3 is 15.6 Å². The molecule has 1 aromatic heterocycles. The van der Waals surface area contributed by atoms with E-state index < -0.39 is 0 Å². The molecule has 108 valence electrons. The molecule has 5 heteroatoms. The van der Waals surface area contributed by atoms with Gasteiger partial charge in [-0.1, -0.05) is 25.7 Å². The normalized spacial score (nSPS) is 17.6. The van der Waals surface area contributed by atoms with Gasteiger partial charge in [0.05, 0.1) is 6.54 Å². The second-order valence-corrected chi connectivity index (χ2v) is 5.22. The fourth-order valence-electron chi connectivity index (χ4n) is 2.51. The molecule has 0 aliphatic heterocycles. The lowest BCUT2D eigenvalue weighted by atomic mass is 10.1. The molecule has 1 heterocycles. The minimum absolute atomic E-state index is 0. The van der Waals surface area contributed by atoms with Crippen LogP contribution in [-0.4, -0.2) is 16.6 Å². The summed E-state index contributed by atoms with van der Waals surface area (Å²) in [6.45, 7) is 0.659. The number of hydrogen-bond donors (Lipinski definition) is 2. The Morgan fingerprint density at radius 2 is 2.05 bits per heavy atom. The molecule has 1 aliphatic rings. The maximum Gasteiger partial charge on any atom is 0.189 e. The second kappa shape index (κ2) is 8.45. The maximum absolute atomic E-state index is 5.94. The number of halogens is 1. The van der Waals surface area contributed by atoms with E-state index in [0.29, 0.717) is 18.5 Å². The van der Waals surface area contributed by atoms with Gasteiger partial charge in [0.15, 0.2) is 5.96 Å². The zero-order chi connectivity index (χ0) is 12.8.